The molecule has 2 amide bonds. The zero-order valence-electron chi connectivity index (χ0n) is 11.1. The maximum atomic E-state index is 12.8. The summed E-state index contributed by atoms with van der Waals surface area (Å²) in [5.74, 6) is -0.289. The first kappa shape index (κ1) is 13.4. The first-order valence-corrected chi connectivity index (χ1v) is 7.84. The molecule has 1 aliphatic heterocycles. The Labute approximate surface area is 132 Å². The lowest BCUT2D eigenvalue weighted by Gasteiger charge is -2.38. The fourth-order valence-corrected chi connectivity index (χ4v) is 4.47. The number of nitrogens with zero attached hydrogens (tertiary/aromatic N) is 1. The van der Waals surface area contributed by atoms with E-state index in [1.54, 1.807) is 18.2 Å². The van der Waals surface area contributed by atoms with Crippen molar-refractivity contribution in [3.8, 4) is 0 Å². The van der Waals surface area contributed by atoms with Crippen LogP contribution in [0, 0.1) is 23.7 Å². The zero-order valence-corrected chi connectivity index (χ0v) is 12.6. The van der Waals surface area contributed by atoms with Gasteiger partial charge in [-0.15, -0.1) is 0 Å². The molecule has 0 N–H and O–H groups in total. The van der Waals surface area contributed by atoms with E-state index >= 15 is 0 Å². The van der Waals surface area contributed by atoms with Gasteiger partial charge in [0.15, 0.2) is 0 Å². The third-order valence-electron chi connectivity index (χ3n) is 4.91. The Morgan fingerprint density at radius 1 is 0.952 bits per heavy atom. The molecule has 1 aromatic rings. The molecule has 5 rings (SSSR count). The molecule has 1 heterocycles. The van der Waals surface area contributed by atoms with Gasteiger partial charge in [0.05, 0.1) is 22.5 Å². The molecule has 2 fully saturated rings. The summed E-state index contributed by atoms with van der Waals surface area (Å²) in [6, 6.07) is 4.86. The third-order valence-corrected chi connectivity index (χ3v) is 5.45. The maximum Gasteiger partial charge on any atom is 0.238 e. The number of anilines is 1. The summed E-state index contributed by atoms with van der Waals surface area (Å²) < 4.78 is 0. The molecule has 1 saturated carbocycles. The smallest absolute Gasteiger partial charge is 0.238 e. The van der Waals surface area contributed by atoms with Crippen LogP contribution in [0.25, 0.3) is 0 Å². The molecule has 0 unspecified atom stereocenters. The minimum Gasteiger partial charge on any atom is -0.274 e. The van der Waals surface area contributed by atoms with Crippen LogP contribution in [0.3, 0.4) is 0 Å². The molecule has 2 bridgehead atoms. The lowest BCUT2D eigenvalue weighted by Crippen LogP contribution is -2.38. The average Bonchev–Trinajstić information content (AvgIpc) is 2.75. The average molecular weight is 322 g/mol. The first-order valence-electron chi connectivity index (χ1n) is 7.09. The fraction of sp³-hybridized carbons (Fsp3) is 0.375. The van der Waals surface area contributed by atoms with Crippen LogP contribution < -0.4 is 4.90 Å². The highest BCUT2D eigenvalue weighted by molar-refractivity contribution is 6.38. The SMILES string of the molecule is O=C1[C@@H]2[C@H](C(=O)N1c1ccc(Cl)cc1Cl)[C@@H]1C=C[C@@H]2CC1. The summed E-state index contributed by atoms with van der Waals surface area (Å²) in [7, 11) is 0. The van der Waals surface area contributed by atoms with Gasteiger partial charge in [-0.25, -0.2) is 4.90 Å². The van der Waals surface area contributed by atoms with Gasteiger partial charge in [0.1, 0.15) is 0 Å². The number of carbonyl (C=O) groups is 2. The predicted octanol–water partition coefficient (Wildman–Crippen LogP) is 3.70. The lowest BCUT2D eigenvalue weighted by atomic mass is 9.63. The van der Waals surface area contributed by atoms with E-state index in [9.17, 15) is 9.59 Å². The summed E-state index contributed by atoms with van der Waals surface area (Å²) in [6.07, 6.45) is 6.19. The van der Waals surface area contributed by atoms with Crippen molar-refractivity contribution < 1.29 is 9.59 Å². The van der Waals surface area contributed by atoms with Crippen molar-refractivity contribution in [1.29, 1.82) is 0 Å². The monoisotopic (exact) mass is 321 g/mol. The number of amides is 2. The van der Waals surface area contributed by atoms with Crippen molar-refractivity contribution in [2.24, 2.45) is 23.7 Å². The molecule has 0 spiro atoms. The zero-order chi connectivity index (χ0) is 14.7. The molecule has 4 atom stereocenters. The van der Waals surface area contributed by atoms with Crippen LogP contribution in [0.1, 0.15) is 12.8 Å². The van der Waals surface area contributed by atoms with E-state index in [4.69, 9.17) is 23.2 Å². The molecular formula is C16H13Cl2NO2. The van der Waals surface area contributed by atoms with E-state index < -0.39 is 0 Å². The van der Waals surface area contributed by atoms with E-state index in [1.165, 1.54) is 4.90 Å². The van der Waals surface area contributed by atoms with E-state index in [1.807, 2.05) is 0 Å². The van der Waals surface area contributed by atoms with Gasteiger partial charge < -0.3 is 0 Å². The fourth-order valence-electron chi connectivity index (χ4n) is 3.97. The van der Waals surface area contributed by atoms with Crippen molar-refractivity contribution in [3.63, 3.8) is 0 Å². The quantitative estimate of drug-likeness (QED) is 0.584. The Bertz CT molecular complexity index is 653. The Kier molecular flexibility index (Phi) is 2.92. The summed E-state index contributed by atoms with van der Waals surface area (Å²) in [5.41, 5.74) is 0.449. The largest absolute Gasteiger partial charge is 0.274 e. The number of hydrogen-bond donors (Lipinski definition) is 0. The normalized spacial score (nSPS) is 33.7. The molecule has 3 aliphatic carbocycles. The van der Waals surface area contributed by atoms with E-state index in [-0.39, 0.29) is 35.5 Å². The van der Waals surface area contributed by atoms with Crippen molar-refractivity contribution in [2.45, 2.75) is 12.8 Å². The third kappa shape index (κ3) is 1.80. The highest BCUT2D eigenvalue weighted by Crippen LogP contribution is 2.51. The summed E-state index contributed by atoms with van der Waals surface area (Å²) in [5, 5.41) is 0.824. The number of rotatable bonds is 1. The lowest BCUT2D eigenvalue weighted by molar-refractivity contribution is -0.124. The van der Waals surface area contributed by atoms with Gasteiger partial charge in [0, 0.05) is 5.02 Å². The minimum atomic E-state index is -0.215. The molecule has 0 radical (unpaired) electrons. The molecular weight excluding hydrogens is 309 g/mol. The van der Waals surface area contributed by atoms with Gasteiger partial charge >= 0.3 is 0 Å². The highest BCUT2D eigenvalue weighted by atomic mass is 35.5. The topological polar surface area (TPSA) is 37.4 Å². The standard InChI is InChI=1S/C16H13Cl2NO2/c17-10-5-6-12(11(18)7-10)19-15(20)13-8-1-2-9(4-3-8)14(13)16(19)21/h1-2,5-9,13-14H,3-4H2/t8-,9-,13-,14+/m1/s1. The molecule has 0 aromatic heterocycles. The van der Waals surface area contributed by atoms with Gasteiger partial charge in [0.25, 0.3) is 0 Å². The van der Waals surface area contributed by atoms with Crippen LogP contribution in [0.2, 0.25) is 10.0 Å². The van der Waals surface area contributed by atoms with Crippen LogP contribution in [-0.4, -0.2) is 11.8 Å². The highest BCUT2D eigenvalue weighted by Gasteiger charge is 2.57. The number of allylic oxidation sites excluding steroid dienone is 2. The van der Waals surface area contributed by atoms with Gasteiger partial charge in [-0.2, -0.15) is 0 Å². The van der Waals surface area contributed by atoms with E-state index in [0.717, 1.165) is 12.8 Å². The Hall–Kier alpha value is -1.32. The Morgan fingerprint density at radius 3 is 2.00 bits per heavy atom. The Morgan fingerprint density at radius 2 is 1.52 bits per heavy atom. The molecule has 3 nitrogen and oxygen atoms in total. The van der Waals surface area contributed by atoms with Crippen LogP contribution in [0.5, 0.6) is 0 Å². The van der Waals surface area contributed by atoms with Gasteiger partial charge in [-0.1, -0.05) is 35.4 Å². The van der Waals surface area contributed by atoms with Crippen LogP contribution in [0.15, 0.2) is 30.4 Å². The summed E-state index contributed by atoms with van der Waals surface area (Å²) >= 11 is 12.1. The molecule has 1 aromatic carbocycles. The maximum absolute atomic E-state index is 12.8. The van der Waals surface area contributed by atoms with Gasteiger partial charge in [0.2, 0.25) is 11.8 Å². The number of carbonyl (C=O) groups excluding carboxylic acids is 2. The van der Waals surface area contributed by atoms with Crippen molar-refractivity contribution >= 4 is 40.7 Å². The molecule has 4 aliphatic rings. The van der Waals surface area contributed by atoms with Crippen LogP contribution >= 0.6 is 23.2 Å². The molecule has 108 valence electrons. The second-order valence-corrected chi connectivity index (χ2v) is 6.79. The first-order chi connectivity index (χ1) is 10.1. The second kappa shape index (κ2) is 4.59. The summed E-state index contributed by atoms with van der Waals surface area (Å²) in [6.45, 7) is 0. The van der Waals surface area contributed by atoms with E-state index in [0.29, 0.717) is 15.7 Å². The number of imide groups is 1. The minimum absolute atomic E-state index is 0.117. The number of benzene rings is 1. The van der Waals surface area contributed by atoms with Crippen molar-refractivity contribution in [3.05, 3.63) is 40.4 Å². The van der Waals surface area contributed by atoms with E-state index in [2.05, 4.69) is 12.2 Å². The predicted molar refractivity (Wildman–Crippen MR) is 81.3 cm³/mol. The number of halogens is 2. The van der Waals surface area contributed by atoms with Gasteiger partial charge in [-0.3, -0.25) is 9.59 Å². The van der Waals surface area contributed by atoms with Crippen molar-refractivity contribution in [2.75, 3.05) is 4.90 Å². The van der Waals surface area contributed by atoms with Crippen molar-refractivity contribution in [1.82, 2.24) is 0 Å². The summed E-state index contributed by atoms with van der Waals surface area (Å²) in [4.78, 5) is 26.8. The second-order valence-electron chi connectivity index (χ2n) is 5.95. The molecule has 5 heteroatoms. The molecule has 21 heavy (non-hydrogen) atoms. The number of fused-ring (bicyclic) bond motifs is 1. The van der Waals surface area contributed by atoms with Crippen LogP contribution in [-0.2, 0) is 9.59 Å². The molecule has 1 saturated heterocycles. The Balaban J connectivity index is 1.78. The number of hydrogen-bond acceptors (Lipinski definition) is 2. The van der Waals surface area contributed by atoms with Gasteiger partial charge in [-0.05, 0) is 42.9 Å². The van der Waals surface area contributed by atoms with Crippen LogP contribution in [0.4, 0.5) is 5.69 Å².